The topological polar surface area (TPSA) is 50.1 Å². The number of nitrogens with zero attached hydrogens (tertiary/aromatic N) is 6. The van der Waals surface area contributed by atoms with Crippen LogP contribution in [0.2, 0.25) is 0 Å². The maximum Gasteiger partial charge on any atom is 0.173 e. The fourth-order valence-corrected chi connectivity index (χ4v) is 5.79. The summed E-state index contributed by atoms with van der Waals surface area (Å²) in [7, 11) is 0. The first-order valence-corrected chi connectivity index (χ1v) is 11.8. The first-order chi connectivity index (χ1) is 14.8. The van der Waals surface area contributed by atoms with E-state index in [1.54, 1.807) is 12.1 Å². The predicted molar refractivity (Wildman–Crippen MR) is 114 cm³/mol. The Balaban J connectivity index is 1.43. The summed E-state index contributed by atoms with van der Waals surface area (Å²) in [6.07, 6.45) is 11.3. The number of aromatic nitrogens is 4. The van der Waals surface area contributed by atoms with Crippen LogP contribution in [-0.2, 0) is 0 Å². The van der Waals surface area contributed by atoms with Gasteiger partial charge in [0.25, 0.3) is 0 Å². The van der Waals surface area contributed by atoms with E-state index >= 15 is 0 Å². The van der Waals surface area contributed by atoms with Crippen LogP contribution in [0.1, 0.15) is 81.3 Å². The minimum absolute atomic E-state index is 0.168. The summed E-state index contributed by atoms with van der Waals surface area (Å²) in [6.45, 7) is 3.93. The molecular formula is C23H33FN6. The second kappa shape index (κ2) is 9.10. The highest BCUT2D eigenvalue weighted by molar-refractivity contribution is 5.27. The van der Waals surface area contributed by atoms with Gasteiger partial charge < -0.3 is 0 Å². The molecule has 2 aliphatic carbocycles. The van der Waals surface area contributed by atoms with Crippen molar-refractivity contribution in [2.24, 2.45) is 0 Å². The number of benzene rings is 1. The van der Waals surface area contributed by atoms with E-state index in [1.807, 2.05) is 16.8 Å². The maximum atomic E-state index is 15.0. The van der Waals surface area contributed by atoms with Gasteiger partial charge in [-0.3, -0.25) is 9.80 Å². The second-order valence-corrected chi connectivity index (χ2v) is 9.21. The molecule has 0 bridgehead atoms. The Bertz CT molecular complexity index is 819. The zero-order chi connectivity index (χ0) is 20.3. The van der Waals surface area contributed by atoms with Gasteiger partial charge in [-0.05, 0) is 42.2 Å². The lowest BCUT2D eigenvalue weighted by Gasteiger charge is -2.41. The van der Waals surface area contributed by atoms with Crippen molar-refractivity contribution < 1.29 is 4.39 Å². The van der Waals surface area contributed by atoms with E-state index in [-0.39, 0.29) is 11.9 Å². The monoisotopic (exact) mass is 412 g/mol. The first kappa shape index (κ1) is 20.1. The van der Waals surface area contributed by atoms with Crippen LogP contribution in [0, 0.1) is 5.82 Å². The van der Waals surface area contributed by atoms with Gasteiger partial charge in [0.2, 0.25) is 0 Å². The summed E-state index contributed by atoms with van der Waals surface area (Å²) >= 11 is 0. The lowest BCUT2D eigenvalue weighted by molar-refractivity contribution is 0.0751. The summed E-state index contributed by atoms with van der Waals surface area (Å²) in [5.41, 5.74) is 0.693. The Labute approximate surface area is 178 Å². The van der Waals surface area contributed by atoms with E-state index in [9.17, 15) is 4.39 Å². The molecule has 0 spiro atoms. The fraction of sp³-hybridized carbons (Fsp3) is 0.696. The van der Waals surface area contributed by atoms with Crippen LogP contribution in [0.5, 0.6) is 0 Å². The molecule has 6 nitrogen and oxygen atoms in total. The quantitative estimate of drug-likeness (QED) is 0.744. The number of tetrazole rings is 1. The standard InChI is InChI=1S/C23H33FN6/c24-21-13-7-6-12-20(21)22(23-25-26-27-30(23)19-10-2-1-3-11-19)29-16-14-28(15-17-29)18-8-4-5-9-18/h6-7,12-13,18-19,22H,1-5,8-11,14-17H2. The Morgan fingerprint density at radius 1 is 0.833 bits per heavy atom. The molecule has 1 unspecified atom stereocenters. The van der Waals surface area contributed by atoms with E-state index in [0.29, 0.717) is 11.6 Å². The van der Waals surface area contributed by atoms with Gasteiger partial charge in [0.1, 0.15) is 11.9 Å². The Hall–Kier alpha value is -1.86. The molecular weight excluding hydrogens is 379 g/mol. The van der Waals surface area contributed by atoms with Crippen molar-refractivity contribution in [3.63, 3.8) is 0 Å². The van der Waals surface area contributed by atoms with Gasteiger partial charge in [-0.1, -0.05) is 50.3 Å². The van der Waals surface area contributed by atoms with E-state index < -0.39 is 0 Å². The van der Waals surface area contributed by atoms with Crippen molar-refractivity contribution in [3.8, 4) is 0 Å². The summed E-state index contributed by atoms with van der Waals surface area (Å²) in [5.74, 6) is 0.639. The Morgan fingerprint density at radius 3 is 2.23 bits per heavy atom. The molecule has 2 heterocycles. The van der Waals surface area contributed by atoms with E-state index in [4.69, 9.17) is 0 Å². The lowest BCUT2D eigenvalue weighted by Crippen LogP contribution is -2.51. The highest BCUT2D eigenvalue weighted by Crippen LogP contribution is 2.35. The van der Waals surface area contributed by atoms with E-state index in [0.717, 1.165) is 50.9 Å². The molecule has 1 saturated heterocycles. The third kappa shape index (κ3) is 4.02. The fourth-order valence-electron chi connectivity index (χ4n) is 5.79. The lowest BCUT2D eigenvalue weighted by atomic mass is 9.95. The Morgan fingerprint density at radius 2 is 1.50 bits per heavy atom. The molecule has 0 amide bonds. The minimum Gasteiger partial charge on any atom is -0.298 e. The molecule has 1 aromatic heterocycles. The molecule has 7 heteroatoms. The third-order valence-electron chi connectivity index (χ3n) is 7.44. The van der Waals surface area contributed by atoms with Crippen molar-refractivity contribution in [1.29, 1.82) is 0 Å². The summed E-state index contributed by atoms with van der Waals surface area (Å²) in [4.78, 5) is 5.04. The van der Waals surface area contributed by atoms with Crippen LogP contribution in [0.4, 0.5) is 4.39 Å². The summed E-state index contributed by atoms with van der Waals surface area (Å²) in [5, 5.41) is 12.9. The molecule has 30 heavy (non-hydrogen) atoms. The molecule has 5 rings (SSSR count). The summed E-state index contributed by atoms with van der Waals surface area (Å²) in [6, 6.07) is 8.00. The molecule has 162 valence electrons. The zero-order valence-corrected chi connectivity index (χ0v) is 17.8. The third-order valence-corrected chi connectivity index (χ3v) is 7.44. The van der Waals surface area contributed by atoms with E-state index in [1.165, 1.54) is 44.9 Å². The largest absolute Gasteiger partial charge is 0.298 e. The normalized spacial score (nSPS) is 23.8. The SMILES string of the molecule is Fc1ccccc1C(c1nnnn1C1CCCCC1)N1CCN(C2CCCC2)CC1. The average Bonchev–Trinajstić information content (AvgIpc) is 3.49. The highest BCUT2D eigenvalue weighted by atomic mass is 19.1. The highest BCUT2D eigenvalue weighted by Gasteiger charge is 2.35. The van der Waals surface area contributed by atoms with Crippen LogP contribution >= 0.6 is 0 Å². The van der Waals surface area contributed by atoms with Gasteiger partial charge in [-0.15, -0.1) is 5.10 Å². The molecule has 2 aromatic rings. The van der Waals surface area contributed by atoms with Gasteiger partial charge in [0.15, 0.2) is 5.82 Å². The Kier molecular flexibility index (Phi) is 6.09. The molecule has 3 aliphatic rings. The number of piperazine rings is 1. The number of halogens is 1. The van der Waals surface area contributed by atoms with Crippen molar-refractivity contribution in [2.45, 2.75) is 75.9 Å². The van der Waals surface area contributed by atoms with Gasteiger partial charge in [-0.25, -0.2) is 9.07 Å². The van der Waals surface area contributed by atoms with Crippen molar-refractivity contribution in [3.05, 3.63) is 41.5 Å². The number of hydrogen-bond acceptors (Lipinski definition) is 5. The smallest absolute Gasteiger partial charge is 0.173 e. The predicted octanol–water partition coefficient (Wildman–Crippen LogP) is 3.97. The van der Waals surface area contributed by atoms with Crippen molar-refractivity contribution >= 4 is 0 Å². The summed E-state index contributed by atoms with van der Waals surface area (Å²) < 4.78 is 17.0. The zero-order valence-electron chi connectivity index (χ0n) is 17.8. The average molecular weight is 413 g/mol. The molecule has 1 aromatic carbocycles. The van der Waals surface area contributed by atoms with Crippen molar-refractivity contribution in [1.82, 2.24) is 30.0 Å². The van der Waals surface area contributed by atoms with Gasteiger partial charge >= 0.3 is 0 Å². The molecule has 1 atom stereocenters. The van der Waals surface area contributed by atoms with Gasteiger partial charge in [-0.2, -0.15) is 0 Å². The van der Waals surface area contributed by atoms with Crippen LogP contribution in [0.15, 0.2) is 24.3 Å². The van der Waals surface area contributed by atoms with Crippen molar-refractivity contribution in [2.75, 3.05) is 26.2 Å². The van der Waals surface area contributed by atoms with E-state index in [2.05, 4.69) is 25.3 Å². The second-order valence-electron chi connectivity index (χ2n) is 9.21. The number of rotatable bonds is 5. The van der Waals surface area contributed by atoms with Gasteiger partial charge in [0.05, 0.1) is 6.04 Å². The molecule has 0 N–H and O–H groups in total. The van der Waals surface area contributed by atoms with Crippen LogP contribution in [0.25, 0.3) is 0 Å². The minimum atomic E-state index is -0.228. The maximum absolute atomic E-state index is 15.0. The van der Waals surface area contributed by atoms with Crippen LogP contribution in [-0.4, -0.2) is 62.2 Å². The van der Waals surface area contributed by atoms with Crippen LogP contribution < -0.4 is 0 Å². The first-order valence-electron chi connectivity index (χ1n) is 11.8. The molecule has 2 saturated carbocycles. The molecule has 0 radical (unpaired) electrons. The van der Waals surface area contributed by atoms with Crippen LogP contribution in [0.3, 0.4) is 0 Å². The molecule has 1 aliphatic heterocycles. The van der Waals surface area contributed by atoms with Gasteiger partial charge in [0, 0.05) is 37.8 Å². The number of hydrogen-bond donors (Lipinski definition) is 0. The molecule has 3 fully saturated rings.